The average molecular weight is 598 g/mol. The van der Waals surface area contributed by atoms with Crippen molar-refractivity contribution in [3.8, 4) is 5.75 Å². The van der Waals surface area contributed by atoms with Crippen LogP contribution in [0.25, 0.3) is 10.9 Å². The van der Waals surface area contributed by atoms with Crippen molar-refractivity contribution in [2.45, 2.75) is 25.9 Å². The third kappa shape index (κ3) is 8.50. The minimum Gasteiger partial charge on any atom is -0.487 e. The molecule has 0 aliphatic rings. The highest BCUT2D eigenvalue weighted by Crippen LogP contribution is 2.31. The van der Waals surface area contributed by atoms with E-state index in [1.54, 1.807) is 48.5 Å². The summed E-state index contributed by atoms with van der Waals surface area (Å²) >= 11 is 6.46. The Morgan fingerprint density at radius 2 is 1.63 bits per heavy atom. The molecule has 0 saturated heterocycles. The molecule has 10 heteroatoms. The van der Waals surface area contributed by atoms with E-state index in [4.69, 9.17) is 16.3 Å². The third-order valence-corrected chi connectivity index (χ3v) is 6.85. The van der Waals surface area contributed by atoms with E-state index in [0.29, 0.717) is 57.3 Å². The number of benzene rings is 4. The van der Waals surface area contributed by atoms with Gasteiger partial charge in [-0.2, -0.15) is 0 Å². The minimum atomic E-state index is -0.329. The summed E-state index contributed by atoms with van der Waals surface area (Å²) in [5.41, 5.74) is 3.71. The zero-order valence-electron chi connectivity index (χ0n) is 23.1. The normalized spacial score (nSPS) is 10.7. The zero-order valence-corrected chi connectivity index (χ0v) is 23.9. The van der Waals surface area contributed by atoms with Gasteiger partial charge in [-0.1, -0.05) is 54.1 Å². The van der Waals surface area contributed by atoms with Crippen LogP contribution in [0.15, 0.2) is 97.3 Å². The first-order valence-corrected chi connectivity index (χ1v) is 14.1. The Hall–Kier alpha value is -5.02. The number of ether oxygens (including phenoxy) is 1. The molecular weight excluding hydrogens is 569 g/mol. The Morgan fingerprint density at radius 3 is 2.44 bits per heavy atom. The van der Waals surface area contributed by atoms with Crippen molar-refractivity contribution in [2.75, 3.05) is 17.2 Å². The number of carbonyl (C=O) groups is 2. The van der Waals surface area contributed by atoms with Gasteiger partial charge in [0.25, 0.3) is 0 Å². The molecule has 0 unspecified atom stereocenters. The smallest absolute Gasteiger partial charge is 0.226 e. The van der Waals surface area contributed by atoms with Crippen molar-refractivity contribution < 1.29 is 18.7 Å². The topological polar surface area (TPSA) is 105 Å². The number of anilines is 3. The van der Waals surface area contributed by atoms with Crippen LogP contribution in [0.3, 0.4) is 0 Å². The van der Waals surface area contributed by atoms with E-state index in [2.05, 4.69) is 25.9 Å². The molecule has 3 N–H and O–H groups in total. The maximum atomic E-state index is 13.4. The fourth-order valence-corrected chi connectivity index (χ4v) is 4.62. The summed E-state index contributed by atoms with van der Waals surface area (Å²) in [6.45, 7) is 0.418. The number of nitrogens with zero attached hydrogens (tertiary/aromatic N) is 2. The molecule has 1 aromatic heterocycles. The van der Waals surface area contributed by atoms with Gasteiger partial charge in [0.1, 0.15) is 30.3 Å². The molecule has 0 bridgehead atoms. The quantitative estimate of drug-likeness (QED) is 0.146. The Kier molecular flexibility index (Phi) is 9.76. The summed E-state index contributed by atoms with van der Waals surface area (Å²) in [4.78, 5) is 33.4. The fourth-order valence-electron chi connectivity index (χ4n) is 4.38. The van der Waals surface area contributed by atoms with E-state index < -0.39 is 0 Å². The lowest BCUT2D eigenvalue weighted by Crippen LogP contribution is -2.27. The van der Waals surface area contributed by atoms with Gasteiger partial charge in [0, 0.05) is 36.1 Å². The average Bonchev–Trinajstić information content (AvgIpc) is 3.00. The number of aromatic nitrogens is 2. The highest BCUT2D eigenvalue weighted by Gasteiger charge is 2.11. The van der Waals surface area contributed by atoms with Gasteiger partial charge < -0.3 is 20.7 Å². The number of rotatable bonds is 12. The van der Waals surface area contributed by atoms with Crippen LogP contribution in [0.4, 0.5) is 21.6 Å². The predicted molar refractivity (Wildman–Crippen MR) is 166 cm³/mol. The van der Waals surface area contributed by atoms with Crippen molar-refractivity contribution in [3.63, 3.8) is 0 Å². The van der Waals surface area contributed by atoms with Crippen molar-refractivity contribution in [1.29, 1.82) is 0 Å². The van der Waals surface area contributed by atoms with Crippen molar-refractivity contribution >= 4 is 51.5 Å². The Labute approximate surface area is 253 Å². The van der Waals surface area contributed by atoms with Crippen LogP contribution in [0.1, 0.15) is 24.0 Å². The molecule has 8 nitrogen and oxygen atoms in total. The lowest BCUT2D eigenvalue weighted by atomic mass is 10.1. The molecule has 0 aliphatic carbocycles. The molecule has 5 aromatic rings. The first kappa shape index (κ1) is 29.5. The van der Waals surface area contributed by atoms with Gasteiger partial charge in [-0.05, 0) is 66.1 Å². The highest BCUT2D eigenvalue weighted by molar-refractivity contribution is 6.32. The number of fused-ring (bicyclic) bond motifs is 1. The first-order chi connectivity index (χ1) is 20.9. The second-order valence-corrected chi connectivity index (χ2v) is 10.2. The van der Waals surface area contributed by atoms with Crippen LogP contribution in [-0.4, -0.2) is 28.3 Å². The van der Waals surface area contributed by atoms with Gasteiger partial charge in [-0.25, -0.2) is 14.4 Å². The van der Waals surface area contributed by atoms with Gasteiger partial charge in [-0.15, -0.1) is 0 Å². The second-order valence-electron chi connectivity index (χ2n) is 9.78. The van der Waals surface area contributed by atoms with Crippen LogP contribution in [-0.2, 0) is 22.6 Å². The summed E-state index contributed by atoms with van der Waals surface area (Å²) in [6.07, 6.45) is 2.59. The summed E-state index contributed by atoms with van der Waals surface area (Å²) in [6, 6.07) is 26.5. The van der Waals surface area contributed by atoms with E-state index in [-0.39, 0.29) is 37.2 Å². The van der Waals surface area contributed by atoms with Crippen LogP contribution in [0.5, 0.6) is 5.75 Å². The molecule has 0 spiro atoms. The van der Waals surface area contributed by atoms with E-state index in [1.165, 1.54) is 18.5 Å². The summed E-state index contributed by atoms with van der Waals surface area (Å²) < 4.78 is 19.2. The molecule has 0 fully saturated rings. The first-order valence-electron chi connectivity index (χ1n) is 13.7. The van der Waals surface area contributed by atoms with E-state index in [9.17, 15) is 14.0 Å². The number of aryl methyl sites for hydroxylation is 1. The lowest BCUT2D eigenvalue weighted by Gasteiger charge is -2.13. The zero-order chi connectivity index (χ0) is 30.0. The predicted octanol–water partition coefficient (Wildman–Crippen LogP) is 6.82. The Bertz CT molecular complexity index is 1740. The number of carbonyl (C=O) groups excluding carboxylic acids is 2. The van der Waals surface area contributed by atoms with Gasteiger partial charge in [-0.3, -0.25) is 9.59 Å². The second kappa shape index (κ2) is 14.2. The van der Waals surface area contributed by atoms with Crippen LogP contribution in [0, 0.1) is 5.82 Å². The molecule has 1 heterocycles. The van der Waals surface area contributed by atoms with Crippen molar-refractivity contribution in [2.24, 2.45) is 0 Å². The number of hydrogen-bond acceptors (Lipinski definition) is 6. The molecule has 4 aromatic carbocycles. The van der Waals surface area contributed by atoms with E-state index in [0.717, 1.165) is 5.56 Å². The molecule has 0 radical (unpaired) electrons. The van der Waals surface area contributed by atoms with Gasteiger partial charge >= 0.3 is 0 Å². The molecule has 0 atom stereocenters. The maximum Gasteiger partial charge on any atom is 0.226 e. The summed E-state index contributed by atoms with van der Waals surface area (Å²) in [5.74, 6) is 0.332. The number of amides is 2. The van der Waals surface area contributed by atoms with E-state index >= 15 is 0 Å². The van der Waals surface area contributed by atoms with Gasteiger partial charge in [0.15, 0.2) is 0 Å². The molecule has 2 amide bonds. The van der Waals surface area contributed by atoms with Crippen LogP contribution >= 0.6 is 11.6 Å². The third-order valence-electron chi connectivity index (χ3n) is 6.55. The van der Waals surface area contributed by atoms with Crippen LogP contribution in [0.2, 0.25) is 5.02 Å². The standard InChI is InChI=1S/C33H29ClFN5O3/c34-28-19-26(11-13-30(28)43-20-23-7-4-8-24(35)17-23)40-33-27-18-25(10-12-29(27)37-21-38-33)39-32(42)15-16-36-31(41)14-9-22-5-2-1-3-6-22/h1-8,10-13,17-19,21H,9,14-16,20H2,(H,36,41)(H,39,42)(H,37,38,40). The number of hydrogen-bond donors (Lipinski definition) is 3. The summed E-state index contributed by atoms with van der Waals surface area (Å²) in [5, 5.41) is 9.98. The largest absolute Gasteiger partial charge is 0.487 e. The Balaban J connectivity index is 1.16. The minimum absolute atomic E-state index is 0.0958. The number of nitrogens with one attached hydrogen (secondary N) is 3. The van der Waals surface area contributed by atoms with Crippen molar-refractivity contribution in [3.05, 3.63) is 119 Å². The number of halogens is 2. The summed E-state index contributed by atoms with van der Waals surface area (Å²) in [7, 11) is 0. The maximum absolute atomic E-state index is 13.4. The molecule has 0 saturated carbocycles. The van der Waals surface area contributed by atoms with E-state index in [1.807, 2.05) is 30.3 Å². The lowest BCUT2D eigenvalue weighted by molar-refractivity contribution is -0.121. The molecule has 5 rings (SSSR count). The van der Waals surface area contributed by atoms with Crippen LogP contribution < -0.4 is 20.7 Å². The van der Waals surface area contributed by atoms with Gasteiger partial charge in [0.05, 0.1) is 10.5 Å². The van der Waals surface area contributed by atoms with Gasteiger partial charge in [0.2, 0.25) is 11.8 Å². The molecule has 0 aliphatic heterocycles. The molecular formula is C33H29ClFN5O3. The fraction of sp³-hybridized carbons (Fsp3) is 0.152. The molecule has 218 valence electrons. The Morgan fingerprint density at radius 1 is 0.814 bits per heavy atom. The monoisotopic (exact) mass is 597 g/mol. The highest BCUT2D eigenvalue weighted by atomic mass is 35.5. The van der Waals surface area contributed by atoms with Crippen molar-refractivity contribution in [1.82, 2.24) is 15.3 Å². The molecule has 43 heavy (non-hydrogen) atoms. The SMILES string of the molecule is O=C(CCc1ccccc1)NCCC(=O)Nc1ccc2ncnc(Nc3ccc(OCc4cccc(F)c4)c(Cl)c3)c2c1.